The number of aliphatic hydroxyl groups excluding tert-OH is 2. The molecular formula is C8H19N3O3. The first-order valence-electron chi connectivity index (χ1n) is 4.57. The van der Waals surface area contributed by atoms with Gasteiger partial charge in [0.1, 0.15) is 5.84 Å². The summed E-state index contributed by atoms with van der Waals surface area (Å²) in [5.74, 6) is 0.0592. The fraction of sp³-hybridized carbons (Fsp3) is 0.875. The minimum Gasteiger partial charge on any atom is -0.409 e. The van der Waals surface area contributed by atoms with Crippen molar-refractivity contribution in [2.45, 2.75) is 6.92 Å². The molecule has 0 spiro atoms. The maximum absolute atomic E-state index is 8.74. The lowest BCUT2D eigenvalue weighted by atomic mass is 10.1. The second-order valence-electron chi connectivity index (χ2n) is 3.17. The average molecular weight is 205 g/mol. The molecule has 6 heteroatoms. The molecule has 0 aliphatic rings. The van der Waals surface area contributed by atoms with Crippen molar-refractivity contribution in [1.29, 1.82) is 0 Å². The molecule has 0 bridgehead atoms. The van der Waals surface area contributed by atoms with Crippen LogP contribution < -0.4 is 5.73 Å². The van der Waals surface area contributed by atoms with E-state index in [1.165, 1.54) is 0 Å². The molecule has 1 atom stereocenters. The summed E-state index contributed by atoms with van der Waals surface area (Å²) in [7, 11) is 0. The first kappa shape index (κ1) is 13.2. The number of amidine groups is 1. The Morgan fingerprint density at radius 1 is 1.36 bits per heavy atom. The van der Waals surface area contributed by atoms with Crippen LogP contribution in [0, 0.1) is 5.92 Å². The third kappa shape index (κ3) is 5.00. The van der Waals surface area contributed by atoms with Gasteiger partial charge >= 0.3 is 0 Å². The van der Waals surface area contributed by atoms with Gasteiger partial charge in [-0.25, -0.2) is 0 Å². The highest BCUT2D eigenvalue weighted by Gasteiger charge is 2.12. The lowest BCUT2D eigenvalue weighted by Gasteiger charge is -2.23. The van der Waals surface area contributed by atoms with Crippen molar-refractivity contribution in [2.75, 3.05) is 32.8 Å². The lowest BCUT2D eigenvalue weighted by molar-refractivity contribution is 0.154. The van der Waals surface area contributed by atoms with Crippen LogP contribution in [0.5, 0.6) is 0 Å². The molecule has 0 aliphatic heterocycles. The van der Waals surface area contributed by atoms with E-state index in [4.69, 9.17) is 21.2 Å². The van der Waals surface area contributed by atoms with E-state index >= 15 is 0 Å². The third-order valence-electron chi connectivity index (χ3n) is 1.98. The molecule has 0 radical (unpaired) electrons. The van der Waals surface area contributed by atoms with E-state index in [0.717, 1.165) is 0 Å². The summed E-state index contributed by atoms with van der Waals surface area (Å²) in [4.78, 5) is 1.85. The molecule has 0 aliphatic carbocycles. The summed E-state index contributed by atoms with van der Waals surface area (Å²) < 4.78 is 0. The van der Waals surface area contributed by atoms with Crippen LogP contribution in [0.15, 0.2) is 5.16 Å². The monoisotopic (exact) mass is 205 g/mol. The van der Waals surface area contributed by atoms with Crippen LogP contribution in [0.1, 0.15) is 6.92 Å². The first-order chi connectivity index (χ1) is 6.65. The molecule has 0 aromatic heterocycles. The predicted octanol–water partition coefficient (Wildman–Crippen LogP) is -1.34. The van der Waals surface area contributed by atoms with Crippen LogP contribution in [0.25, 0.3) is 0 Å². The van der Waals surface area contributed by atoms with E-state index in [1.54, 1.807) is 0 Å². The van der Waals surface area contributed by atoms with Gasteiger partial charge in [0.25, 0.3) is 0 Å². The van der Waals surface area contributed by atoms with Crippen molar-refractivity contribution in [3.8, 4) is 0 Å². The summed E-state index contributed by atoms with van der Waals surface area (Å²) in [6.07, 6.45) is 0. The van der Waals surface area contributed by atoms with Crippen LogP contribution in [0.4, 0.5) is 0 Å². The Hall–Kier alpha value is -0.850. The van der Waals surface area contributed by atoms with Crippen LogP contribution in [0.2, 0.25) is 0 Å². The Morgan fingerprint density at radius 2 is 1.86 bits per heavy atom. The summed E-state index contributed by atoms with van der Waals surface area (Å²) >= 11 is 0. The van der Waals surface area contributed by atoms with Crippen LogP contribution >= 0.6 is 0 Å². The zero-order valence-electron chi connectivity index (χ0n) is 8.43. The second-order valence-corrected chi connectivity index (χ2v) is 3.17. The highest BCUT2D eigenvalue weighted by Crippen LogP contribution is 1.99. The Kier molecular flexibility index (Phi) is 7.09. The molecule has 0 heterocycles. The minimum atomic E-state index is -0.0990. The van der Waals surface area contributed by atoms with Crippen molar-refractivity contribution >= 4 is 5.84 Å². The van der Waals surface area contributed by atoms with Crippen LogP contribution in [-0.2, 0) is 0 Å². The number of hydrogen-bond acceptors (Lipinski definition) is 5. The van der Waals surface area contributed by atoms with Gasteiger partial charge in [-0.15, -0.1) is 0 Å². The molecule has 6 nitrogen and oxygen atoms in total. The van der Waals surface area contributed by atoms with Gasteiger partial charge in [0.15, 0.2) is 0 Å². The molecule has 0 saturated carbocycles. The van der Waals surface area contributed by atoms with Crippen LogP contribution in [0.3, 0.4) is 0 Å². The highest BCUT2D eigenvalue weighted by molar-refractivity contribution is 5.82. The zero-order chi connectivity index (χ0) is 11.0. The van der Waals surface area contributed by atoms with Gasteiger partial charge in [0, 0.05) is 25.6 Å². The van der Waals surface area contributed by atoms with Crippen molar-refractivity contribution in [2.24, 2.45) is 16.8 Å². The molecule has 14 heavy (non-hydrogen) atoms. The molecule has 0 aromatic rings. The van der Waals surface area contributed by atoms with Crippen molar-refractivity contribution in [3.63, 3.8) is 0 Å². The standard InChI is InChI=1S/C8H19N3O3/c1-7(8(9)10-14)6-11(2-4-12)3-5-13/h7,12-14H,2-6H2,1H3,(H2,9,10). The van der Waals surface area contributed by atoms with Gasteiger partial charge in [-0.2, -0.15) is 0 Å². The SMILES string of the molecule is CC(CN(CCO)CCO)C(N)=NO. The summed E-state index contributed by atoms with van der Waals surface area (Å²) in [6.45, 7) is 3.38. The third-order valence-corrected chi connectivity index (χ3v) is 1.98. The van der Waals surface area contributed by atoms with Gasteiger partial charge in [0.05, 0.1) is 13.2 Å². The van der Waals surface area contributed by atoms with Gasteiger partial charge < -0.3 is 21.2 Å². The van der Waals surface area contributed by atoms with Crippen molar-refractivity contribution in [3.05, 3.63) is 0 Å². The highest BCUT2D eigenvalue weighted by atomic mass is 16.4. The van der Waals surface area contributed by atoms with Crippen LogP contribution in [-0.4, -0.2) is 59.0 Å². The van der Waals surface area contributed by atoms with E-state index in [9.17, 15) is 0 Å². The van der Waals surface area contributed by atoms with Gasteiger partial charge in [0.2, 0.25) is 0 Å². The maximum Gasteiger partial charge on any atom is 0.143 e. The second kappa shape index (κ2) is 7.54. The van der Waals surface area contributed by atoms with E-state index in [1.807, 2.05) is 11.8 Å². The molecule has 5 N–H and O–H groups in total. The molecule has 0 amide bonds. The number of hydrogen-bond donors (Lipinski definition) is 4. The molecule has 0 rings (SSSR count). The smallest absolute Gasteiger partial charge is 0.143 e. The van der Waals surface area contributed by atoms with Crippen molar-refractivity contribution < 1.29 is 15.4 Å². The Labute approximate surface area is 83.6 Å². The van der Waals surface area contributed by atoms with Gasteiger partial charge in [-0.3, -0.25) is 4.90 Å². The quantitative estimate of drug-likeness (QED) is 0.178. The molecule has 0 fully saturated rings. The molecule has 1 unspecified atom stereocenters. The molecule has 0 aromatic carbocycles. The number of nitrogens with two attached hydrogens (primary N) is 1. The van der Waals surface area contributed by atoms with Crippen molar-refractivity contribution in [1.82, 2.24) is 4.90 Å². The van der Waals surface area contributed by atoms with E-state index in [0.29, 0.717) is 19.6 Å². The fourth-order valence-corrected chi connectivity index (χ4v) is 1.16. The zero-order valence-corrected chi connectivity index (χ0v) is 8.43. The summed E-state index contributed by atoms with van der Waals surface area (Å²) in [5.41, 5.74) is 5.41. The number of nitrogens with zero attached hydrogens (tertiary/aromatic N) is 2. The normalized spacial score (nSPS) is 14.7. The largest absolute Gasteiger partial charge is 0.409 e. The van der Waals surface area contributed by atoms with E-state index < -0.39 is 0 Å². The molecule has 84 valence electrons. The number of aliphatic hydroxyl groups is 2. The summed E-state index contributed by atoms with van der Waals surface area (Å²) in [5, 5.41) is 28.8. The molecule has 0 saturated heterocycles. The van der Waals surface area contributed by atoms with Gasteiger partial charge in [-0.1, -0.05) is 12.1 Å². The number of rotatable bonds is 7. The topological polar surface area (TPSA) is 102 Å². The first-order valence-corrected chi connectivity index (χ1v) is 4.57. The van der Waals surface area contributed by atoms with E-state index in [-0.39, 0.29) is 25.0 Å². The number of oxime groups is 1. The average Bonchev–Trinajstić information content (AvgIpc) is 2.17. The fourth-order valence-electron chi connectivity index (χ4n) is 1.16. The van der Waals surface area contributed by atoms with E-state index in [2.05, 4.69) is 5.16 Å². The van der Waals surface area contributed by atoms with Gasteiger partial charge in [-0.05, 0) is 0 Å². The Morgan fingerprint density at radius 3 is 2.21 bits per heavy atom. The maximum atomic E-state index is 8.74. The predicted molar refractivity (Wildman–Crippen MR) is 53.2 cm³/mol. The summed E-state index contributed by atoms with van der Waals surface area (Å²) in [6, 6.07) is 0. The Bertz CT molecular complexity index is 169. The minimum absolute atomic E-state index is 0.0306. The lowest BCUT2D eigenvalue weighted by Crippen LogP contribution is -2.38. The Balaban J connectivity index is 4.00. The molecular weight excluding hydrogens is 186 g/mol.